The number of benzene rings is 1. The second-order valence-electron chi connectivity index (χ2n) is 4.06. The van der Waals surface area contributed by atoms with E-state index in [0.29, 0.717) is 0 Å². The molecule has 0 aliphatic carbocycles. The van der Waals surface area contributed by atoms with E-state index in [1.807, 2.05) is 36.4 Å². The quantitative estimate of drug-likeness (QED) is 0.861. The summed E-state index contributed by atoms with van der Waals surface area (Å²) >= 11 is 0. The summed E-state index contributed by atoms with van der Waals surface area (Å²) in [5, 5.41) is 8.69. The van der Waals surface area contributed by atoms with Gasteiger partial charge in [-0.15, -0.1) is 0 Å². The van der Waals surface area contributed by atoms with E-state index >= 15 is 0 Å². The van der Waals surface area contributed by atoms with Crippen molar-refractivity contribution in [2.24, 2.45) is 5.73 Å². The summed E-state index contributed by atoms with van der Waals surface area (Å²) in [5.41, 5.74) is 8.75. The minimum Gasteiger partial charge on any atom is -0.481 e. The summed E-state index contributed by atoms with van der Waals surface area (Å²) in [5.74, 6) is -0.888. The number of aliphatic carboxylic acids is 1. The second kappa shape index (κ2) is 5.42. The van der Waals surface area contributed by atoms with Crippen LogP contribution in [0.1, 0.15) is 18.0 Å². The number of hydrogen-bond donors (Lipinski definition) is 2. The van der Waals surface area contributed by atoms with E-state index in [1.165, 1.54) is 0 Å². The maximum Gasteiger partial charge on any atom is 0.305 e. The molecule has 0 bridgehead atoms. The third kappa shape index (κ3) is 2.93. The van der Waals surface area contributed by atoms with Crippen LogP contribution in [-0.2, 0) is 4.79 Å². The molecule has 2 aromatic rings. The van der Waals surface area contributed by atoms with Crippen LogP contribution in [0.4, 0.5) is 0 Å². The van der Waals surface area contributed by atoms with Gasteiger partial charge in [0.2, 0.25) is 0 Å². The first kappa shape index (κ1) is 12.3. The van der Waals surface area contributed by atoms with Gasteiger partial charge in [0.15, 0.2) is 0 Å². The fourth-order valence-electron chi connectivity index (χ4n) is 1.77. The van der Waals surface area contributed by atoms with Crippen LogP contribution < -0.4 is 5.73 Å². The summed E-state index contributed by atoms with van der Waals surface area (Å²) < 4.78 is 0. The number of carbonyl (C=O) groups is 1. The molecule has 1 aromatic heterocycles. The number of pyridine rings is 1. The molecule has 0 aliphatic rings. The highest BCUT2D eigenvalue weighted by Gasteiger charge is 2.10. The number of nitrogens with zero attached hydrogens (tertiary/aromatic N) is 1. The lowest BCUT2D eigenvalue weighted by Gasteiger charge is -2.10. The lowest BCUT2D eigenvalue weighted by atomic mass is 10.0. The van der Waals surface area contributed by atoms with Crippen LogP contribution >= 0.6 is 0 Å². The molecule has 0 spiro atoms. The zero-order chi connectivity index (χ0) is 13.0. The smallest absolute Gasteiger partial charge is 0.305 e. The third-order valence-electron chi connectivity index (χ3n) is 2.75. The van der Waals surface area contributed by atoms with Gasteiger partial charge >= 0.3 is 5.97 Å². The molecule has 0 aliphatic heterocycles. The Labute approximate surface area is 105 Å². The second-order valence-corrected chi connectivity index (χ2v) is 4.06. The molecule has 1 aromatic carbocycles. The lowest BCUT2D eigenvalue weighted by Crippen LogP contribution is -2.14. The molecule has 1 atom stereocenters. The molecule has 18 heavy (non-hydrogen) atoms. The van der Waals surface area contributed by atoms with Gasteiger partial charge in [0, 0.05) is 18.4 Å². The predicted octanol–water partition coefficient (Wildman–Crippen LogP) is 2.22. The number of aromatic nitrogens is 1. The van der Waals surface area contributed by atoms with E-state index in [-0.39, 0.29) is 6.42 Å². The standard InChI is InChI=1S/C14H14N2O2/c15-13(9-14(17)18)12-3-1-10(2-4-12)11-5-7-16-8-6-11/h1-8,13H,9,15H2,(H,17,18)/t13-/m1/s1. The Hall–Kier alpha value is -2.20. The largest absolute Gasteiger partial charge is 0.481 e. The molecule has 0 unspecified atom stereocenters. The molecule has 0 saturated heterocycles. The van der Waals surface area contributed by atoms with Crippen LogP contribution in [0, 0.1) is 0 Å². The molecule has 1 heterocycles. The van der Waals surface area contributed by atoms with E-state index in [2.05, 4.69) is 4.98 Å². The van der Waals surface area contributed by atoms with E-state index in [9.17, 15) is 4.79 Å². The number of rotatable bonds is 4. The molecular formula is C14H14N2O2. The Bertz CT molecular complexity index is 523. The van der Waals surface area contributed by atoms with Crippen LogP contribution in [0.3, 0.4) is 0 Å². The average Bonchev–Trinajstić information content (AvgIpc) is 2.39. The number of nitrogens with two attached hydrogens (primary N) is 1. The summed E-state index contributed by atoms with van der Waals surface area (Å²) in [6.45, 7) is 0. The van der Waals surface area contributed by atoms with Crippen LogP contribution in [0.5, 0.6) is 0 Å². The molecule has 4 nitrogen and oxygen atoms in total. The normalized spacial score (nSPS) is 12.1. The monoisotopic (exact) mass is 242 g/mol. The maximum atomic E-state index is 10.6. The van der Waals surface area contributed by atoms with Crippen molar-refractivity contribution in [3.05, 3.63) is 54.4 Å². The Morgan fingerprint density at radius 1 is 1.11 bits per heavy atom. The maximum absolute atomic E-state index is 10.6. The van der Waals surface area contributed by atoms with Crippen molar-refractivity contribution in [1.82, 2.24) is 4.98 Å². The first-order valence-electron chi connectivity index (χ1n) is 5.64. The van der Waals surface area contributed by atoms with Crippen molar-refractivity contribution in [2.75, 3.05) is 0 Å². The number of hydrogen-bond acceptors (Lipinski definition) is 3. The Balaban J connectivity index is 2.18. The highest BCUT2D eigenvalue weighted by Crippen LogP contribution is 2.21. The van der Waals surface area contributed by atoms with Crippen molar-refractivity contribution in [3.8, 4) is 11.1 Å². The fraction of sp³-hybridized carbons (Fsp3) is 0.143. The predicted molar refractivity (Wildman–Crippen MR) is 68.9 cm³/mol. The molecule has 0 fully saturated rings. The van der Waals surface area contributed by atoms with E-state index < -0.39 is 12.0 Å². The highest BCUT2D eigenvalue weighted by molar-refractivity contribution is 5.68. The van der Waals surface area contributed by atoms with Gasteiger partial charge in [-0.3, -0.25) is 9.78 Å². The molecule has 3 N–H and O–H groups in total. The number of carboxylic acid groups (broad SMARTS) is 1. The van der Waals surface area contributed by atoms with Crippen LogP contribution in [0.15, 0.2) is 48.8 Å². The van der Waals surface area contributed by atoms with E-state index in [4.69, 9.17) is 10.8 Å². The molecule has 0 radical (unpaired) electrons. The summed E-state index contributed by atoms with van der Waals surface area (Å²) in [6.07, 6.45) is 3.41. The van der Waals surface area contributed by atoms with Crippen molar-refractivity contribution in [3.63, 3.8) is 0 Å². The zero-order valence-corrected chi connectivity index (χ0v) is 9.78. The van der Waals surface area contributed by atoms with Gasteiger partial charge in [-0.05, 0) is 28.8 Å². The van der Waals surface area contributed by atoms with E-state index in [0.717, 1.165) is 16.7 Å². The topological polar surface area (TPSA) is 76.2 Å². The average molecular weight is 242 g/mol. The molecule has 0 amide bonds. The summed E-state index contributed by atoms with van der Waals surface area (Å²) in [4.78, 5) is 14.5. The van der Waals surface area contributed by atoms with Crippen molar-refractivity contribution in [1.29, 1.82) is 0 Å². The Morgan fingerprint density at radius 3 is 2.22 bits per heavy atom. The van der Waals surface area contributed by atoms with E-state index in [1.54, 1.807) is 12.4 Å². The number of carboxylic acids is 1. The SMILES string of the molecule is N[C@H](CC(=O)O)c1ccc(-c2ccncc2)cc1. The van der Waals surface area contributed by atoms with Gasteiger partial charge in [-0.25, -0.2) is 0 Å². The minimum absolute atomic E-state index is 0.0609. The molecular weight excluding hydrogens is 228 g/mol. The summed E-state index contributed by atoms with van der Waals surface area (Å²) in [7, 11) is 0. The first-order valence-corrected chi connectivity index (χ1v) is 5.64. The molecule has 0 saturated carbocycles. The third-order valence-corrected chi connectivity index (χ3v) is 2.75. The van der Waals surface area contributed by atoms with Crippen LogP contribution in [-0.4, -0.2) is 16.1 Å². The van der Waals surface area contributed by atoms with Gasteiger partial charge in [-0.1, -0.05) is 24.3 Å². The van der Waals surface area contributed by atoms with Crippen molar-refractivity contribution in [2.45, 2.75) is 12.5 Å². The van der Waals surface area contributed by atoms with Gasteiger partial charge in [0.25, 0.3) is 0 Å². The van der Waals surface area contributed by atoms with Gasteiger partial charge < -0.3 is 10.8 Å². The lowest BCUT2D eigenvalue weighted by molar-refractivity contribution is -0.137. The first-order chi connectivity index (χ1) is 8.66. The van der Waals surface area contributed by atoms with Gasteiger partial charge in [0.05, 0.1) is 6.42 Å². The Morgan fingerprint density at radius 2 is 1.67 bits per heavy atom. The van der Waals surface area contributed by atoms with Crippen molar-refractivity contribution >= 4 is 5.97 Å². The van der Waals surface area contributed by atoms with Crippen LogP contribution in [0.25, 0.3) is 11.1 Å². The van der Waals surface area contributed by atoms with Gasteiger partial charge in [-0.2, -0.15) is 0 Å². The molecule has 92 valence electrons. The molecule has 4 heteroatoms. The molecule has 2 rings (SSSR count). The van der Waals surface area contributed by atoms with Gasteiger partial charge in [0.1, 0.15) is 0 Å². The summed E-state index contributed by atoms with van der Waals surface area (Å²) in [6, 6.07) is 11.0. The zero-order valence-electron chi connectivity index (χ0n) is 9.78. The minimum atomic E-state index is -0.888. The fourth-order valence-corrected chi connectivity index (χ4v) is 1.77. The van der Waals surface area contributed by atoms with Crippen LogP contribution in [0.2, 0.25) is 0 Å². The Kier molecular flexibility index (Phi) is 3.69. The highest BCUT2D eigenvalue weighted by atomic mass is 16.4. The van der Waals surface area contributed by atoms with Crippen molar-refractivity contribution < 1.29 is 9.90 Å².